The van der Waals surface area contributed by atoms with Crippen LogP contribution in [0.4, 0.5) is 0 Å². The van der Waals surface area contributed by atoms with Gasteiger partial charge >= 0.3 is 0 Å². The van der Waals surface area contributed by atoms with Gasteiger partial charge in [-0.25, -0.2) is 4.98 Å². The average Bonchev–Trinajstić information content (AvgIpc) is 2.87. The summed E-state index contributed by atoms with van der Waals surface area (Å²) in [5.41, 5.74) is 2.49. The van der Waals surface area contributed by atoms with E-state index < -0.39 is 0 Å². The molecule has 0 bridgehead atoms. The third-order valence-electron chi connectivity index (χ3n) is 3.42. The van der Waals surface area contributed by atoms with Crippen LogP contribution in [0.3, 0.4) is 0 Å². The molecule has 0 atom stereocenters. The van der Waals surface area contributed by atoms with Gasteiger partial charge in [-0.1, -0.05) is 43.1 Å². The molecule has 2 heterocycles. The van der Waals surface area contributed by atoms with E-state index in [0.29, 0.717) is 33.3 Å². The van der Waals surface area contributed by atoms with E-state index in [2.05, 4.69) is 20.2 Å². The highest BCUT2D eigenvalue weighted by Crippen LogP contribution is 2.24. The first-order valence-electron chi connectivity index (χ1n) is 6.87. The van der Waals surface area contributed by atoms with Gasteiger partial charge < -0.3 is 4.98 Å². The van der Waals surface area contributed by atoms with Crippen molar-refractivity contribution in [1.29, 1.82) is 0 Å². The Hall–Kier alpha value is -1.85. The zero-order valence-electron chi connectivity index (χ0n) is 12.1. The lowest BCUT2D eigenvalue weighted by molar-refractivity contribution is 0.814. The third kappa shape index (κ3) is 2.74. The molecule has 0 saturated carbocycles. The fraction of sp³-hybridized carbons (Fsp3) is 0.267. The number of benzene rings is 1. The molecular formula is C15H14Cl2N4O. The summed E-state index contributed by atoms with van der Waals surface area (Å²) >= 11 is 11.9. The van der Waals surface area contributed by atoms with Crippen LogP contribution in [0.2, 0.25) is 10.0 Å². The van der Waals surface area contributed by atoms with E-state index in [1.54, 1.807) is 12.1 Å². The number of nitrogens with one attached hydrogen (secondary N) is 2. The van der Waals surface area contributed by atoms with Gasteiger partial charge in [-0.05, 0) is 23.6 Å². The standard InChI is InChI=1S/C15H14Cl2N4O/c1-7(2)12-13-14(21-20-12)15(22)19-11(18-13)6-8-3-4-9(16)10(17)5-8/h3-5,7H,6H2,1-2H3,(H,20,21)(H,18,19,22). The minimum atomic E-state index is -0.247. The van der Waals surface area contributed by atoms with Gasteiger partial charge in [-0.3, -0.25) is 9.89 Å². The Morgan fingerprint density at radius 3 is 2.64 bits per heavy atom. The molecule has 7 heteroatoms. The normalized spacial score (nSPS) is 11.5. The highest BCUT2D eigenvalue weighted by Gasteiger charge is 2.14. The average molecular weight is 337 g/mol. The Kier molecular flexibility index (Phi) is 3.93. The summed E-state index contributed by atoms with van der Waals surface area (Å²) in [5, 5.41) is 7.91. The Labute approximate surface area is 136 Å². The molecule has 0 unspecified atom stereocenters. The number of aromatic nitrogens is 4. The van der Waals surface area contributed by atoms with E-state index in [1.165, 1.54) is 0 Å². The van der Waals surface area contributed by atoms with Crippen LogP contribution in [0.1, 0.15) is 36.8 Å². The third-order valence-corrected chi connectivity index (χ3v) is 4.16. The molecule has 2 aromatic heterocycles. The van der Waals surface area contributed by atoms with Crippen molar-refractivity contribution in [1.82, 2.24) is 20.2 Å². The Morgan fingerprint density at radius 2 is 1.95 bits per heavy atom. The van der Waals surface area contributed by atoms with Crippen molar-refractivity contribution in [3.8, 4) is 0 Å². The predicted octanol–water partition coefficient (Wildman–Crippen LogP) is 3.67. The molecule has 0 saturated heterocycles. The zero-order valence-corrected chi connectivity index (χ0v) is 13.6. The fourth-order valence-electron chi connectivity index (χ4n) is 2.30. The first kappa shape index (κ1) is 15.1. The van der Waals surface area contributed by atoms with Crippen LogP contribution in [-0.2, 0) is 6.42 Å². The van der Waals surface area contributed by atoms with Crippen molar-refractivity contribution in [2.45, 2.75) is 26.2 Å². The van der Waals surface area contributed by atoms with Crippen LogP contribution in [-0.4, -0.2) is 20.2 Å². The maximum atomic E-state index is 12.1. The van der Waals surface area contributed by atoms with Gasteiger partial charge in [0.2, 0.25) is 0 Å². The Morgan fingerprint density at radius 1 is 1.18 bits per heavy atom. The topological polar surface area (TPSA) is 74.4 Å². The van der Waals surface area contributed by atoms with Crippen LogP contribution in [0, 0.1) is 0 Å². The van der Waals surface area contributed by atoms with Crippen LogP contribution in [0.25, 0.3) is 11.0 Å². The second kappa shape index (κ2) is 5.74. The Bertz CT molecular complexity index is 898. The summed E-state index contributed by atoms with van der Waals surface area (Å²) in [6.45, 7) is 4.04. The summed E-state index contributed by atoms with van der Waals surface area (Å²) < 4.78 is 0. The SMILES string of the molecule is CC(C)c1[nH]nc2c(=O)[nH]c(Cc3ccc(Cl)c(Cl)c3)nc12. The van der Waals surface area contributed by atoms with Crippen LogP contribution < -0.4 is 5.56 Å². The van der Waals surface area contributed by atoms with Gasteiger partial charge in [-0.15, -0.1) is 0 Å². The van der Waals surface area contributed by atoms with Crippen molar-refractivity contribution in [2.24, 2.45) is 0 Å². The molecule has 5 nitrogen and oxygen atoms in total. The predicted molar refractivity (Wildman–Crippen MR) is 87.9 cm³/mol. The number of halogens is 2. The second-order valence-electron chi connectivity index (χ2n) is 5.43. The molecule has 22 heavy (non-hydrogen) atoms. The molecule has 1 aromatic carbocycles. The lowest BCUT2D eigenvalue weighted by Gasteiger charge is -2.05. The first-order chi connectivity index (χ1) is 10.5. The summed E-state index contributed by atoms with van der Waals surface area (Å²) in [5.74, 6) is 0.774. The first-order valence-corrected chi connectivity index (χ1v) is 7.62. The van der Waals surface area contributed by atoms with Gasteiger partial charge in [0, 0.05) is 6.42 Å². The Balaban J connectivity index is 2.05. The van der Waals surface area contributed by atoms with E-state index >= 15 is 0 Å². The number of rotatable bonds is 3. The summed E-state index contributed by atoms with van der Waals surface area (Å²) in [6.07, 6.45) is 0.463. The summed E-state index contributed by atoms with van der Waals surface area (Å²) in [6, 6.07) is 5.36. The maximum Gasteiger partial charge on any atom is 0.279 e. The smallest absolute Gasteiger partial charge is 0.279 e. The van der Waals surface area contributed by atoms with E-state index in [-0.39, 0.29) is 11.5 Å². The van der Waals surface area contributed by atoms with Gasteiger partial charge in [0.25, 0.3) is 5.56 Å². The highest BCUT2D eigenvalue weighted by atomic mass is 35.5. The number of H-pyrrole nitrogens is 2. The molecular weight excluding hydrogens is 323 g/mol. The molecule has 0 aliphatic heterocycles. The molecule has 0 amide bonds. The van der Waals surface area contributed by atoms with Crippen molar-refractivity contribution in [3.63, 3.8) is 0 Å². The van der Waals surface area contributed by atoms with Gasteiger partial charge in [0.15, 0.2) is 5.52 Å². The van der Waals surface area contributed by atoms with Crippen molar-refractivity contribution >= 4 is 34.2 Å². The van der Waals surface area contributed by atoms with Gasteiger partial charge in [0.05, 0.1) is 15.7 Å². The van der Waals surface area contributed by atoms with Crippen molar-refractivity contribution in [3.05, 3.63) is 55.7 Å². The quantitative estimate of drug-likeness (QED) is 0.766. The van der Waals surface area contributed by atoms with Crippen molar-refractivity contribution in [2.75, 3.05) is 0 Å². The number of nitrogens with zero attached hydrogens (tertiary/aromatic N) is 2. The van der Waals surface area contributed by atoms with Gasteiger partial charge in [0.1, 0.15) is 11.3 Å². The summed E-state index contributed by atoms with van der Waals surface area (Å²) in [4.78, 5) is 19.4. The number of hydrogen-bond acceptors (Lipinski definition) is 3. The summed E-state index contributed by atoms with van der Waals surface area (Å²) in [7, 11) is 0. The van der Waals surface area contributed by atoms with E-state index in [4.69, 9.17) is 23.2 Å². The van der Waals surface area contributed by atoms with Crippen molar-refractivity contribution < 1.29 is 0 Å². The molecule has 2 N–H and O–H groups in total. The molecule has 0 aliphatic rings. The largest absolute Gasteiger partial charge is 0.308 e. The number of fused-ring (bicyclic) bond motifs is 1. The number of hydrogen-bond donors (Lipinski definition) is 2. The fourth-order valence-corrected chi connectivity index (χ4v) is 2.62. The van der Waals surface area contributed by atoms with E-state index in [1.807, 2.05) is 19.9 Å². The molecule has 3 aromatic rings. The molecule has 0 spiro atoms. The molecule has 3 rings (SSSR count). The van der Waals surface area contributed by atoms with E-state index in [9.17, 15) is 4.79 Å². The highest BCUT2D eigenvalue weighted by molar-refractivity contribution is 6.42. The molecule has 0 fully saturated rings. The van der Waals surface area contributed by atoms with Crippen LogP contribution in [0.5, 0.6) is 0 Å². The molecule has 0 aliphatic carbocycles. The van der Waals surface area contributed by atoms with E-state index in [0.717, 1.165) is 11.3 Å². The van der Waals surface area contributed by atoms with Crippen LogP contribution >= 0.6 is 23.2 Å². The lowest BCUT2D eigenvalue weighted by Crippen LogP contribution is -2.12. The molecule has 0 radical (unpaired) electrons. The van der Waals surface area contributed by atoms with Gasteiger partial charge in [-0.2, -0.15) is 5.10 Å². The minimum Gasteiger partial charge on any atom is -0.308 e. The second-order valence-corrected chi connectivity index (χ2v) is 6.24. The van der Waals surface area contributed by atoms with Crippen LogP contribution in [0.15, 0.2) is 23.0 Å². The monoisotopic (exact) mass is 336 g/mol. The lowest BCUT2D eigenvalue weighted by atomic mass is 10.1. The molecule has 114 valence electrons. The minimum absolute atomic E-state index is 0.206. The number of aromatic amines is 2. The maximum absolute atomic E-state index is 12.1. The zero-order chi connectivity index (χ0) is 15.9.